The number of hydrogen-bond donors (Lipinski definition) is 1. The van der Waals surface area contributed by atoms with Crippen LogP contribution in [-0.4, -0.2) is 36.1 Å². The molecule has 2 aliphatic rings. The van der Waals surface area contributed by atoms with E-state index in [0.29, 0.717) is 12.1 Å². The van der Waals surface area contributed by atoms with Gasteiger partial charge >= 0.3 is 0 Å². The normalized spacial score (nSPS) is 26.3. The van der Waals surface area contributed by atoms with E-state index in [4.69, 9.17) is 10.5 Å². The first kappa shape index (κ1) is 11.5. The number of likely N-dealkylation sites (tertiary alicyclic amines) is 1. The fourth-order valence-corrected chi connectivity index (χ4v) is 2.81. The van der Waals surface area contributed by atoms with Crippen molar-refractivity contribution in [3.8, 4) is 0 Å². The van der Waals surface area contributed by atoms with Gasteiger partial charge in [-0.1, -0.05) is 12.1 Å². The number of nitrogen functional groups attached to an aromatic ring is 1. The maximum atomic E-state index is 12.2. The highest BCUT2D eigenvalue weighted by Gasteiger charge is 2.35. The van der Waals surface area contributed by atoms with Crippen molar-refractivity contribution in [1.29, 1.82) is 0 Å². The second-order valence-electron chi connectivity index (χ2n) is 5.18. The van der Waals surface area contributed by atoms with Crippen LogP contribution in [-0.2, 0) is 16.0 Å². The number of carbonyl (C=O) groups is 1. The quantitative estimate of drug-likeness (QED) is 0.798. The minimum absolute atomic E-state index is 0.181. The van der Waals surface area contributed by atoms with Crippen LogP contribution in [0.4, 0.5) is 5.69 Å². The minimum Gasteiger partial charge on any atom is -0.399 e. The fourth-order valence-electron chi connectivity index (χ4n) is 2.81. The van der Waals surface area contributed by atoms with Gasteiger partial charge in [-0.25, -0.2) is 0 Å². The van der Waals surface area contributed by atoms with Crippen molar-refractivity contribution in [3.63, 3.8) is 0 Å². The van der Waals surface area contributed by atoms with Crippen LogP contribution >= 0.6 is 0 Å². The molecule has 4 nitrogen and oxygen atoms in total. The van der Waals surface area contributed by atoms with Crippen LogP contribution in [0.1, 0.15) is 18.4 Å². The second-order valence-corrected chi connectivity index (χ2v) is 5.18. The van der Waals surface area contributed by atoms with Gasteiger partial charge in [-0.2, -0.15) is 0 Å². The molecule has 2 bridgehead atoms. The third-order valence-electron chi connectivity index (χ3n) is 3.70. The van der Waals surface area contributed by atoms with Crippen molar-refractivity contribution in [2.24, 2.45) is 0 Å². The van der Waals surface area contributed by atoms with E-state index in [-0.39, 0.29) is 18.1 Å². The van der Waals surface area contributed by atoms with E-state index in [1.165, 1.54) is 0 Å². The van der Waals surface area contributed by atoms with Gasteiger partial charge in [0.2, 0.25) is 5.91 Å². The van der Waals surface area contributed by atoms with Crippen molar-refractivity contribution in [2.75, 3.05) is 18.8 Å². The molecule has 1 aromatic carbocycles. The maximum absolute atomic E-state index is 12.2. The van der Waals surface area contributed by atoms with Crippen LogP contribution in [0, 0.1) is 0 Å². The summed E-state index contributed by atoms with van der Waals surface area (Å²) in [4.78, 5) is 14.2. The third kappa shape index (κ3) is 2.34. The zero-order valence-corrected chi connectivity index (χ0v) is 10.3. The second kappa shape index (κ2) is 4.61. The predicted molar refractivity (Wildman–Crippen MR) is 69.0 cm³/mol. The average Bonchev–Trinajstić information content (AvgIpc) is 2.68. The highest BCUT2D eigenvalue weighted by Crippen LogP contribution is 2.26. The first-order valence-corrected chi connectivity index (χ1v) is 6.48. The molecule has 2 atom stereocenters. The standard InChI is InChI=1S/C14H18N2O2/c15-11-3-1-2-10(6-11)7-14(17)16-8-12-4-5-13(9-16)18-12/h1-3,6,12-13H,4-5,7-9,15H2. The molecule has 4 heteroatoms. The van der Waals surface area contributed by atoms with E-state index in [1.807, 2.05) is 29.2 Å². The molecule has 0 aromatic heterocycles. The molecule has 2 unspecified atom stereocenters. The summed E-state index contributed by atoms with van der Waals surface area (Å²) in [6.07, 6.45) is 3.13. The molecule has 96 valence electrons. The number of morpholine rings is 1. The minimum atomic E-state index is 0.181. The van der Waals surface area contributed by atoms with E-state index in [0.717, 1.165) is 31.5 Å². The Morgan fingerprint density at radius 1 is 1.33 bits per heavy atom. The topological polar surface area (TPSA) is 55.6 Å². The fraction of sp³-hybridized carbons (Fsp3) is 0.500. The highest BCUT2D eigenvalue weighted by atomic mass is 16.5. The van der Waals surface area contributed by atoms with E-state index >= 15 is 0 Å². The van der Waals surface area contributed by atoms with E-state index in [2.05, 4.69) is 0 Å². The number of hydrogen-bond acceptors (Lipinski definition) is 3. The van der Waals surface area contributed by atoms with Crippen LogP contribution in [0.2, 0.25) is 0 Å². The summed E-state index contributed by atoms with van der Waals surface area (Å²) < 4.78 is 5.73. The van der Waals surface area contributed by atoms with Gasteiger partial charge in [-0.05, 0) is 30.5 Å². The molecular weight excluding hydrogens is 228 g/mol. The number of amides is 1. The molecule has 2 N–H and O–H groups in total. The summed E-state index contributed by atoms with van der Waals surface area (Å²) in [7, 11) is 0. The number of fused-ring (bicyclic) bond motifs is 2. The summed E-state index contributed by atoms with van der Waals surface area (Å²) in [5.41, 5.74) is 7.42. The van der Waals surface area contributed by atoms with Gasteiger partial charge in [-0.3, -0.25) is 4.79 Å². The molecule has 1 amide bonds. The zero-order chi connectivity index (χ0) is 12.5. The Labute approximate surface area is 107 Å². The lowest BCUT2D eigenvalue weighted by Gasteiger charge is -2.32. The Bertz CT molecular complexity index is 449. The maximum Gasteiger partial charge on any atom is 0.227 e. The molecular formula is C14H18N2O2. The molecule has 0 saturated carbocycles. The lowest BCUT2D eigenvalue weighted by atomic mass is 10.1. The smallest absolute Gasteiger partial charge is 0.227 e. The van der Waals surface area contributed by atoms with Crippen LogP contribution in [0.3, 0.4) is 0 Å². The Kier molecular flexibility index (Phi) is 2.96. The highest BCUT2D eigenvalue weighted by molar-refractivity contribution is 5.79. The SMILES string of the molecule is Nc1cccc(CC(=O)N2CC3CCC(C2)O3)c1. The average molecular weight is 246 g/mol. The third-order valence-corrected chi connectivity index (χ3v) is 3.70. The first-order valence-electron chi connectivity index (χ1n) is 6.48. The predicted octanol–water partition coefficient (Wildman–Crippen LogP) is 1.20. The van der Waals surface area contributed by atoms with Crippen LogP contribution in [0.5, 0.6) is 0 Å². The van der Waals surface area contributed by atoms with E-state index < -0.39 is 0 Å². The van der Waals surface area contributed by atoms with Crippen molar-refractivity contribution in [2.45, 2.75) is 31.5 Å². The lowest BCUT2D eigenvalue weighted by Crippen LogP contribution is -2.46. The van der Waals surface area contributed by atoms with Crippen molar-refractivity contribution in [3.05, 3.63) is 29.8 Å². The van der Waals surface area contributed by atoms with E-state index in [9.17, 15) is 4.79 Å². The molecule has 2 aliphatic heterocycles. The molecule has 0 radical (unpaired) electrons. The number of rotatable bonds is 2. The largest absolute Gasteiger partial charge is 0.399 e. The van der Waals surface area contributed by atoms with Gasteiger partial charge in [0.05, 0.1) is 18.6 Å². The molecule has 2 fully saturated rings. The van der Waals surface area contributed by atoms with Crippen LogP contribution in [0.25, 0.3) is 0 Å². The number of carbonyl (C=O) groups excluding carboxylic acids is 1. The Morgan fingerprint density at radius 2 is 2.06 bits per heavy atom. The van der Waals surface area contributed by atoms with Gasteiger partial charge in [-0.15, -0.1) is 0 Å². The molecule has 3 rings (SSSR count). The van der Waals surface area contributed by atoms with Crippen molar-refractivity contribution >= 4 is 11.6 Å². The summed E-state index contributed by atoms with van der Waals surface area (Å²) >= 11 is 0. The first-order chi connectivity index (χ1) is 8.70. The molecule has 2 saturated heterocycles. The van der Waals surface area contributed by atoms with Crippen molar-refractivity contribution in [1.82, 2.24) is 4.90 Å². The molecule has 2 heterocycles. The van der Waals surface area contributed by atoms with Crippen LogP contribution in [0.15, 0.2) is 24.3 Å². The van der Waals surface area contributed by atoms with Gasteiger partial charge in [0.15, 0.2) is 0 Å². The Morgan fingerprint density at radius 3 is 2.72 bits per heavy atom. The van der Waals surface area contributed by atoms with Gasteiger partial charge in [0.1, 0.15) is 0 Å². The Balaban J connectivity index is 1.65. The number of nitrogens with zero attached hydrogens (tertiary/aromatic N) is 1. The van der Waals surface area contributed by atoms with Gasteiger partial charge in [0.25, 0.3) is 0 Å². The molecule has 18 heavy (non-hydrogen) atoms. The van der Waals surface area contributed by atoms with Crippen molar-refractivity contribution < 1.29 is 9.53 Å². The summed E-state index contributed by atoms with van der Waals surface area (Å²) in [5, 5.41) is 0. The number of anilines is 1. The lowest BCUT2D eigenvalue weighted by molar-refractivity contribution is -0.139. The molecule has 0 spiro atoms. The van der Waals surface area contributed by atoms with E-state index in [1.54, 1.807) is 0 Å². The monoisotopic (exact) mass is 246 g/mol. The zero-order valence-electron chi connectivity index (χ0n) is 10.3. The molecule has 1 aromatic rings. The summed E-state index contributed by atoms with van der Waals surface area (Å²) in [6.45, 7) is 1.50. The summed E-state index contributed by atoms with van der Waals surface area (Å²) in [6, 6.07) is 7.54. The van der Waals surface area contributed by atoms with Gasteiger partial charge in [0, 0.05) is 18.8 Å². The summed E-state index contributed by atoms with van der Waals surface area (Å²) in [5.74, 6) is 0.181. The number of nitrogens with two attached hydrogens (primary N) is 1. The van der Waals surface area contributed by atoms with Gasteiger partial charge < -0.3 is 15.4 Å². The molecule has 0 aliphatic carbocycles. The number of benzene rings is 1. The Hall–Kier alpha value is -1.55. The van der Waals surface area contributed by atoms with Crippen LogP contribution < -0.4 is 5.73 Å². The number of ether oxygens (including phenoxy) is 1.